The SMILES string of the molecule is COc1ccc(Cc2nnc(N/N=C/c3ccc(C)o3)[nH]c2=O)cc1OC. The number of methoxy groups -OCH3 is 2. The third-order valence-electron chi connectivity index (χ3n) is 3.71. The highest BCUT2D eigenvalue weighted by molar-refractivity contribution is 5.76. The number of aromatic nitrogens is 3. The lowest BCUT2D eigenvalue weighted by Gasteiger charge is -2.09. The van der Waals surface area contributed by atoms with Crippen LogP contribution < -0.4 is 20.5 Å². The minimum Gasteiger partial charge on any atom is -0.493 e. The quantitative estimate of drug-likeness (QED) is 0.484. The van der Waals surface area contributed by atoms with Crippen LogP contribution in [0.3, 0.4) is 0 Å². The standard InChI is InChI=1S/C18H19N5O4/c1-11-4-6-13(27-11)10-19-22-18-20-17(24)14(21-23-18)8-12-5-7-15(25-2)16(9-12)26-3/h4-7,9-10H,8H2,1-3H3,(H2,20,22,23,24)/b19-10+. The van der Waals surface area contributed by atoms with Gasteiger partial charge in [-0.3, -0.25) is 9.78 Å². The molecule has 0 saturated carbocycles. The van der Waals surface area contributed by atoms with E-state index in [1.165, 1.54) is 6.21 Å². The van der Waals surface area contributed by atoms with Gasteiger partial charge in [0, 0.05) is 6.42 Å². The third-order valence-corrected chi connectivity index (χ3v) is 3.71. The van der Waals surface area contributed by atoms with Crippen LogP contribution in [0.4, 0.5) is 5.95 Å². The van der Waals surface area contributed by atoms with E-state index in [1.54, 1.807) is 32.4 Å². The van der Waals surface area contributed by atoms with Gasteiger partial charge in [-0.05, 0) is 36.8 Å². The molecule has 2 heterocycles. The molecule has 0 aliphatic rings. The van der Waals surface area contributed by atoms with Crippen LogP contribution in [0.2, 0.25) is 0 Å². The van der Waals surface area contributed by atoms with Crippen LogP contribution >= 0.6 is 0 Å². The van der Waals surface area contributed by atoms with Crippen molar-refractivity contribution in [3.8, 4) is 11.5 Å². The summed E-state index contributed by atoms with van der Waals surface area (Å²) in [4.78, 5) is 14.8. The van der Waals surface area contributed by atoms with Crippen molar-refractivity contribution in [2.75, 3.05) is 19.6 Å². The van der Waals surface area contributed by atoms with Crippen molar-refractivity contribution in [1.29, 1.82) is 0 Å². The van der Waals surface area contributed by atoms with Gasteiger partial charge in [-0.15, -0.1) is 10.2 Å². The molecule has 140 valence electrons. The van der Waals surface area contributed by atoms with Gasteiger partial charge in [0.2, 0.25) is 5.95 Å². The highest BCUT2D eigenvalue weighted by Crippen LogP contribution is 2.28. The molecule has 0 unspecified atom stereocenters. The largest absolute Gasteiger partial charge is 0.493 e. The van der Waals surface area contributed by atoms with Gasteiger partial charge >= 0.3 is 0 Å². The number of hydrazone groups is 1. The molecule has 3 rings (SSSR count). The fourth-order valence-corrected chi connectivity index (χ4v) is 2.39. The van der Waals surface area contributed by atoms with E-state index in [4.69, 9.17) is 13.9 Å². The molecular formula is C18H19N5O4. The molecule has 0 aliphatic heterocycles. The summed E-state index contributed by atoms with van der Waals surface area (Å²) in [6.07, 6.45) is 1.78. The second kappa shape index (κ2) is 8.17. The van der Waals surface area contributed by atoms with E-state index >= 15 is 0 Å². The van der Waals surface area contributed by atoms with Gasteiger partial charge in [0.25, 0.3) is 5.56 Å². The molecule has 0 fully saturated rings. The summed E-state index contributed by atoms with van der Waals surface area (Å²) in [5, 5.41) is 11.9. The molecule has 0 aliphatic carbocycles. The average Bonchev–Trinajstić information content (AvgIpc) is 3.09. The maximum Gasteiger partial charge on any atom is 0.274 e. The van der Waals surface area contributed by atoms with E-state index in [0.717, 1.165) is 11.3 Å². The Labute approximate surface area is 155 Å². The van der Waals surface area contributed by atoms with Gasteiger partial charge < -0.3 is 13.9 Å². The van der Waals surface area contributed by atoms with E-state index in [-0.39, 0.29) is 17.2 Å². The molecule has 0 atom stereocenters. The number of hydrogen-bond acceptors (Lipinski definition) is 8. The number of benzene rings is 1. The number of nitrogens with zero attached hydrogens (tertiary/aromatic N) is 3. The number of hydrogen-bond donors (Lipinski definition) is 2. The smallest absolute Gasteiger partial charge is 0.274 e. The second-order valence-electron chi connectivity index (χ2n) is 5.63. The maximum atomic E-state index is 12.2. The summed E-state index contributed by atoms with van der Waals surface area (Å²) < 4.78 is 15.8. The minimum atomic E-state index is -0.355. The summed E-state index contributed by atoms with van der Waals surface area (Å²) in [5.41, 5.74) is 3.38. The van der Waals surface area contributed by atoms with Crippen LogP contribution in [0.25, 0.3) is 0 Å². The molecule has 2 aromatic heterocycles. The molecule has 0 saturated heterocycles. The Hall–Kier alpha value is -3.62. The average molecular weight is 369 g/mol. The van der Waals surface area contributed by atoms with Gasteiger partial charge in [0.1, 0.15) is 17.2 Å². The first-order chi connectivity index (χ1) is 13.1. The number of rotatable bonds is 7. The number of ether oxygens (including phenoxy) is 2. The summed E-state index contributed by atoms with van der Waals surface area (Å²) >= 11 is 0. The van der Waals surface area contributed by atoms with Crippen LogP contribution in [0.5, 0.6) is 11.5 Å². The van der Waals surface area contributed by atoms with Gasteiger partial charge in [-0.2, -0.15) is 5.10 Å². The lowest BCUT2D eigenvalue weighted by molar-refractivity contribution is 0.354. The predicted octanol–water partition coefficient (Wildman–Crippen LogP) is 2.12. The Morgan fingerprint density at radius 2 is 2.00 bits per heavy atom. The zero-order valence-electron chi connectivity index (χ0n) is 15.1. The maximum absolute atomic E-state index is 12.2. The fourth-order valence-electron chi connectivity index (χ4n) is 2.39. The number of anilines is 1. The highest BCUT2D eigenvalue weighted by Gasteiger charge is 2.09. The van der Waals surface area contributed by atoms with E-state index < -0.39 is 0 Å². The highest BCUT2D eigenvalue weighted by atomic mass is 16.5. The Balaban J connectivity index is 1.69. The third kappa shape index (κ3) is 4.51. The monoisotopic (exact) mass is 369 g/mol. The number of nitrogens with one attached hydrogen (secondary N) is 2. The topological polar surface area (TPSA) is 115 Å². The van der Waals surface area contributed by atoms with Crippen molar-refractivity contribution >= 4 is 12.2 Å². The van der Waals surface area contributed by atoms with Gasteiger partial charge in [-0.25, -0.2) is 5.43 Å². The summed E-state index contributed by atoms with van der Waals surface area (Å²) in [5.74, 6) is 2.70. The van der Waals surface area contributed by atoms with Crippen LogP contribution in [0, 0.1) is 6.92 Å². The normalized spacial score (nSPS) is 10.9. The zero-order valence-corrected chi connectivity index (χ0v) is 15.1. The first-order valence-electron chi connectivity index (χ1n) is 8.11. The Bertz CT molecular complexity index is 1010. The predicted molar refractivity (Wildman–Crippen MR) is 99.7 cm³/mol. The first-order valence-corrected chi connectivity index (χ1v) is 8.11. The van der Waals surface area contributed by atoms with Crippen molar-refractivity contribution in [1.82, 2.24) is 15.2 Å². The molecular weight excluding hydrogens is 350 g/mol. The minimum absolute atomic E-state index is 0.135. The summed E-state index contributed by atoms with van der Waals surface area (Å²) in [6.45, 7) is 1.84. The lowest BCUT2D eigenvalue weighted by Crippen LogP contribution is -2.18. The number of aromatic amines is 1. The molecule has 0 spiro atoms. The van der Waals surface area contributed by atoms with Crippen LogP contribution in [-0.4, -0.2) is 35.6 Å². The first kappa shape index (κ1) is 18.2. The van der Waals surface area contributed by atoms with Gasteiger partial charge in [0.05, 0.1) is 20.4 Å². The molecule has 1 aromatic carbocycles. The summed E-state index contributed by atoms with van der Waals surface area (Å²) in [6, 6.07) is 9.01. The van der Waals surface area contributed by atoms with E-state index in [0.29, 0.717) is 23.7 Å². The van der Waals surface area contributed by atoms with Crippen molar-refractivity contribution in [2.45, 2.75) is 13.3 Å². The molecule has 9 nitrogen and oxygen atoms in total. The number of H-pyrrole nitrogens is 1. The van der Waals surface area contributed by atoms with Crippen molar-refractivity contribution in [3.63, 3.8) is 0 Å². The molecule has 0 bridgehead atoms. The zero-order chi connectivity index (χ0) is 19.2. The molecule has 2 N–H and O–H groups in total. The van der Waals surface area contributed by atoms with Gasteiger partial charge in [-0.1, -0.05) is 6.07 Å². The van der Waals surface area contributed by atoms with E-state index in [2.05, 4.69) is 25.7 Å². The second-order valence-corrected chi connectivity index (χ2v) is 5.63. The van der Waals surface area contributed by atoms with Crippen LogP contribution in [-0.2, 0) is 6.42 Å². The fraction of sp³-hybridized carbons (Fsp3) is 0.222. The van der Waals surface area contributed by atoms with Crippen molar-refractivity contribution < 1.29 is 13.9 Å². The summed E-state index contributed by atoms with van der Waals surface area (Å²) in [7, 11) is 3.12. The molecule has 3 aromatic rings. The molecule has 9 heteroatoms. The van der Waals surface area contributed by atoms with Crippen LogP contribution in [0.1, 0.15) is 22.8 Å². The van der Waals surface area contributed by atoms with Crippen molar-refractivity contribution in [2.24, 2.45) is 5.10 Å². The van der Waals surface area contributed by atoms with Crippen molar-refractivity contribution in [3.05, 3.63) is 63.5 Å². The van der Waals surface area contributed by atoms with E-state index in [9.17, 15) is 4.79 Å². The lowest BCUT2D eigenvalue weighted by atomic mass is 10.1. The molecule has 0 amide bonds. The number of furan rings is 1. The molecule has 0 radical (unpaired) electrons. The Kier molecular flexibility index (Phi) is 5.50. The van der Waals surface area contributed by atoms with Gasteiger partial charge in [0.15, 0.2) is 11.5 Å². The Morgan fingerprint density at radius 3 is 2.67 bits per heavy atom. The molecule has 27 heavy (non-hydrogen) atoms. The number of aryl methyl sites for hydroxylation is 1. The van der Waals surface area contributed by atoms with E-state index in [1.807, 2.05) is 19.1 Å². The van der Waals surface area contributed by atoms with Crippen LogP contribution in [0.15, 0.2) is 44.6 Å². The Morgan fingerprint density at radius 1 is 1.19 bits per heavy atom.